The van der Waals surface area contributed by atoms with Crippen molar-refractivity contribution in [3.63, 3.8) is 0 Å². The minimum Gasteiger partial charge on any atom is -0.461 e. The Bertz CT molecular complexity index is 214. The zero-order chi connectivity index (χ0) is 8.39. The van der Waals surface area contributed by atoms with Crippen LogP contribution in [0.15, 0.2) is 12.0 Å². The average molecular weight is 168 g/mol. The van der Waals surface area contributed by atoms with Crippen molar-refractivity contribution >= 4 is 5.78 Å². The molecule has 1 aliphatic carbocycles. The summed E-state index contributed by atoms with van der Waals surface area (Å²) in [6.07, 6.45) is 5.80. The van der Waals surface area contributed by atoms with Gasteiger partial charge in [0, 0.05) is 5.92 Å². The Balaban J connectivity index is 1.98. The van der Waals surface area contributed by atoms with Crippen LogP contribution >= 0.6 is 0 Å². The van der Waals surface area contributed by atoms with Crippen LogP contribution in [0.1, 0.15) is 25.7 Å². The molecule has 0 bridgehead atoms. The lowest BCUT2D eigenvalue weighted by molar-refractivity contribution is -0.122. The molecule has 66 valence electrons. The number of rotatable bonds is 2. The summed E-state index contributed by atoms with van der Waals surface area (Å²) in [5, 5.41) is 0. The van der Waals surface area contributed by atoms with Crippen LogP contribution in [0.25, 0.3) is 0 Å². The molecule has 2 rings (SSSR count). The molecular formula is C9H12O3. The van der Waals surface area contributed by atoms with E-state index >= 15 is 0 Å². The van der Waals surface area contributed by atoms with E-state index < -0.39 is 0 Å². The predicted molar refractivity (Wildman–Crippen MR) is 42.1 cm³/mol. The summed E-state index contributed by atoms with van der Waals surface area (Å²) in [7, 11) is 0. The number of Topliss-reactive ketones (excluding diaryl/α,β-unsaturated/α-hetero) is 1. The molecule has 3 nitrogen and oxygen atoms in total. The van der Waals surface area contributed by atoms with E-state index in [4.69, 9.17) is 9.47 Å². The highest BCUT2D eigenvalue weighted by Crippen LogP contribution is 2.28. The quantitative estimate of drug-likeness (QED) is 0.628. The van der Waals surface area contributed by atoms with E-state index in [0.717, 1.165) is 12.8 Å². The normalized spacial score (nSPS) is 23.2. The molecule has 1 saturated carbocycles. The van der Waals surface area contributed by atoms with Crippen molar-refractivity contribution in [2.75, 3.05) is 6.79 Å². The molecule has 2 aliphatic rings. The first-order valence-corrected chi connectivity index (χ1v) is 4.37. The zero-order valence-corrected chi connectivity index (χ0v) is 6.91. The summed E-state index contributed by atoms with van der Waals surface area (Å²) in [5.74, 6) is 0.741. The fraction of sp³-hybridized carbons (Fsp3) is 0.667. The van der Waals surface area contributed by atoms with E-state index in [1.54, 1.807) is 0 Å². The van der Waals surface area contributed by atoms with E-state index in [2.05, 4.69) is 0 Å². The highest BCUT2D eigenvalue weighted by Gasteiger charge is 2.28. The van der Waals surface area contributed by atoms with Gasteiger partial charge in [-0.15, -0.1) is 0 Å². The molecule has 0 spiro atoms. The van der Waals surface area contributed by atoms with Crippen molar-refractivity contribution in [1.29, 1.82) is 0 Å². The maximum absolute atomic E-state index is 11.6. The molecule has 0 radical (unpaired) electrons. The van der Waals surface area contributed by atoms with Crippen molar-refractivity contribution in [3.05, 3.63) is 12.0 Å². The molecule has 0 aromatic carbocycles. The molecule has 0 aromatic heterocycles. The first-order chi connectivity index (χ1) is 5.88. The van der Waals surface area contributed by atoms with Gasteiger partial charge in [0.05, 0.1) is 0 Å². The van der Waals surface area contributed by atoms with Gasteiger partial charge in [0.2, 0.25) is 18.3 Å². The minimum atomic E-state index is 0.130. The number of hydrogen-bond acceptors (Lipinski definition) is 3. The van der Waals surface area contributed by atoms with E-state index in [1.807, 2.05) is 0 Å². The van der Waals surface area contributed by atoms with Crippen LogP contribution < -0.4 is 0 Å². The van der Waals surface area contributed by atoms with Gasteiger partial charge in [-0.3, -0.25) is 4.79 Å². The van der Waals surface area contributed by atoms with E-state index in [1.165, 1.54) is 19.1 Å². The predicted octanol–water partition coefficient (Wildman–Crippen LogP) is 1.59. The zero-order valence-electron chi connectivity index (χ0n) is 6.91. The van der Waals surface area contributed by atoms with Crippen molar-refractivity contribution in [3.8, 4) is 0 Å². The summed E-state index contributed by atoms with van der Waals surface area (Å²) in [5.41, 5.74) is 0. The van der Waals surface area contributed by atoms with Gasteiger partial charge in [-0.1, -0.05) is 12.8 Å². The number of hydrogen-bond donors (Lipinski definition) is 0. The van der Waals surface area contributed by atoms with Crippen LogP contribution in [0.5, 0.6) is 0 Å². The number of allylic oxidation sites excluding steroid dienone is 1. The van der Waals surface area contributed by atoms with Gasteiger partial charge in [0.15, 0.2) is 0 Å². The fourth-order valence-electron chi connectivity index (χ4n) is 1.76. The Morgan fingerprint density at radius 3 is 2.75 bits per heavy atom. The van der Waals surface area contributed by atoms with Crippen LogP contribution in [-0.4, -0.2) is 12.6 Å². The van der Waals surface area contributed by atoms with Crippen LogP contribution in [0.4, 0.5) is 0 Å². The fourth-order valence-corrected chi connectivity index (χ4v) is 1.76. The van der Waals surface area contributed by atoms with Gasteiger partial charge in [-0.2, -0.15) is 0 Å². The third-order valence-corrected chi connectivity index (χ3v) is 2.44. The molecular weight excluding hydrogens is 156 g/mol. The van der Waals surface area contributed by atoms with E-state index in [-0.39, 0.29) is 18.5 Å². The lowest BCUT2D eigenvalue weighted by Crippen LogP contribution is -2.13. The maximum Gasteiger partial charge on any atom is 0.230 e. The molecule has 0 N–H and O–H groups in total. The van der Waals surface area contributed by atoms with Crippen molar-refractivity contribution in [2.45, 2.75) is 25.7 Å². The van der Waals surface area contributed by atoms with Crippen LogP contribution in [0.3, 0.4) is 0 Å². The molecule has 0 amide bonds. The van der Waals surface area contributed by atoms with Gasteiger partial charge in [-0.25, -0.2) is 0 Å². The molecule has 1 aliphatic heterocycles. The summed E-state index contributed by atoms with van der Waals surface area (Å²) in [4.78, 5) is 11.6. The Hall–Kier alpha value is -0.990. The Morgan fingerprint density at radius 2 is 2.17 bits per heavy atom. The molecule has 0 atom stereocenters. The van der Waals surface area contributed by atoms with Crippen molar-refractivity contribution in [1.82, 2.24) is 0 Å². The molecule has 1 fully saturated rings. The lowest BCUT2D eigenvalue weighted by atomic mass is 10.0. The second-order valence-corrected chi connectivity index (χ2v) is 3.26. The largest absolute Gasteiger partial charge is 0.461 e. The number of carbonyl (C=O) groups is 1. The number of ether oxygens (including phenoxy) is 2. The topological polar surface area (TPSA) is 35.5 Å². The summed E-state index contributed by atoms with van der Waals surface area (Å²) in [6.45, 7) is 0.202. The van der Waals surface area contributed by atoms with Gasteiger partial charge < -0.3 is 9.47 Å². The third kappa shape index (κ3) is 1.31. The summed E-state index contributed by atoms with van der Waals surface area (Å²) >= 11 is 0. The first kappa shape index (κ1) is 7.65. The molecule has 0 aromatic rings. The van der Waals surface area contributed by atoms with Gasteiger partial charge >= 0.3 is 0 Å². The Morgan fingerprint density at radius 1 is 1.42 bits per heavy atom. The van der Waals surface area contributed by atoms with E-state index in [0.29, 0.717) is 5.76 Å². The standard InChI is InChI=1S/C9H12O3/c10-9(7-3-1-2-4-7)8-5-11-6-12-8/h5,7H,1-4,6H2. The summed E-state index contributed by atoms with van der Waals surface area (Å²) in [6, 6.07) is 0. The maximum atomic E-state index is 11.6. The number of ketones is 1. The second-order valence-electron chi connectivity index (χ2n) is 3.26. The van der Waals surface area contributed by atoms with Crippen molar-refractivity contribution in [2.24, 2.45) is 5.92 Å². The minimum absolute atomic E-state index is 0.130. The van der Waals surface area contributed by atoms with Crippen LogP contribution in [0, 0.1) is 5.92 Å². The molecule has 12 heavy (non-hydrogen) atoms. The van der Waals surface area contributed by atoms with E-state index in [9.17, 15) is 4.79 Å². The SMILES string of the molecule is O=C(C1=COCO1)C1CCCC1. The molecule has 1 heterocycles. The first-order valence-electron chi connectivity index (χ1n) is 4.37. The van der Waals surface area contributed by atoms with Gasteiger partial charge in [-0.05, 0) is 12.8 Å². The third-order valence-electron chi connectivity index (χ3n) is 2.44. The van der Waals surface area contributed by atoms with Gasteiger partial charge in [0.25, 0.3) is 0 Å². The monoisotopic (exact) mass is 168 g/mol. The van der Waals surface area contributed by atoms with Gasteiger partial charge in [0.1, 0.15) is 6.26 Å². The lowest BCUT2D eigenvalue weighted by Gasteiger charge is -2.06. The Kier molecular flexibility index (Phi) is 2.02. The van der Waals surface area contributed by atoms with Crippen LogP contribution in [-0.2, 0) is 14.3 Å². The molecule has 0 unspecified atom stereocenters. The smallest absolute Gasteiger partial charge is 0.230 e. The van der Waals surface area contributed by atoms with Crippen molar-refractivity contribution < 1.29 is 14.3 Å². The second kappa shape index (κ2) is 3.17. The molecule has 0 saturated heterocycles. The average Bonchev–Trinajstić information content (AvgIpc) is 2.77. The summed E-state index contributed by atoms with van der Waals surface area (Å²) < 4.78 is 9.85. The van der Waals surface area contributed by atoms with Crippen LogP contribution in [0.2, 0.25) is 0 Å². The highest BCUT2D eigenvalue weighted by molar-refractivity contribution is 5.95. The Labute approximate surface area is 71.3 Å². The molecule has 3 heteroatoms. The number of carbonyl (C=O) groups excluding carboxylic acids is 1. The highest BCUT2D eigenvalue weighted by atomic mass is 16.7.